The van der Waals surface area contributed by atoms with Gasteiger partial charge in [0.15, 0.2) is 5.96 Å². The third-order valence-corrected chi connectivity index (χ3v) is 6.36. The summed E-state index contributed by atoms with van der Waals surface area (Å²) < 4.78 is 18.3. The van der Waals surface area contributed by atoms with Gasteiger partial charge in [-0.2, -0.15) is 0 Å². The van der Waals surface area contributed by atoms with Crippen molar-refractivity contribution in [1.82, 2.24) is 10.4 Å². The molecule has 0 radical (unpaired) electrons. The summed E-state index contributed by atoms with van der Waals surface area (Å²) in [5.74, 6) is -0.614. The number of carboxylic acid groups (broad SMARTS) is 1. The molecule has 122 valence electrons. The Morgan fingerprint density at radius 3 is 2.68 bits per heavy atom. The Morgan fingerprint density at radius 2 is 2.14 bits per heavy atom. The summed E-state index contributed by atoms with van der Waals surface area (Å²) in [6.45, 7) is -1.78. The molecule has 1 aromatic carbocycles. The average molecular weight is 346 g/mol. The normalized spacial score (nSPS) is 14.6. The molecule has 10 heteroatoms. The molecule has 0 saturated carbocycles. The summed E-state index contributed by atoms with van der Waals surface area (Å²) in [5, 5.41) is 21.1. The second-order valence-corrected chi connectivity index (χ2v) is 8.58. The first-order valence-corrected chi connectivity index (χ1v) is 9.61. The fourth-order valence-electron chi connectivity index (χ4n) is 1.35. The quantitative estimate of drug-likeness (QED) is 0.196. The summed E-state index contributed by atoms with van der Waals surface area (Å²) >= 11 is 0.951. The lowest BCUT2D eigenvalue weighted by molar-refractivity contribution is -0.138. The van der Waals surface area contributed by atoms with E-state index in [0.717, 1.165) is 11.4 Å². The first-order chi connectivity index (χ1) is 10.3. The smallest absolute Gasteiger partial charge is 0.375 e. The lowest BCUT2D eigenvalue weighted by Crippen LogP contribution is -2.33. The van der Waals surface area contributed by atoms with Crippen LogP contribution in [0.2, 0.25) is 0 Å². The third kappa shape index (κ3) is 6.84. The Balaban J connectivity index is 2.73. The predicted molar refractivity (Wildman–Crippen MR) is 87.3 cm³/mol. The Labute approximate surface area is 132 Å². The number of hydrogen-bond acceptors (Lipinski definition) is 5. The fraction of sp³-hybridized carbons (Fsp3) is 0.333. The number of rotatable bonds is 9. The number of nitrogens with two attached hydrogens (primary N) is 1. The first kappa shape index (κ1) is 18.3. The van der Waals surface area contributed by atoms with Gasteiger partial charge in [-0.3, -0.25) is 10.2 Å². The maximum absolute atomic E-state index is 12.8. The largest absolute Gasteiger partial charge is 0.480 e. The molecule has 0 spiro atoms. The van der Waals surface area contributed by atoms with Crippen molar-refractivity contribution in [2.24, 2.45) is 5.73 Å². The zero-order chi connectivity index (χ0) is 16.6. The molecule has 0 amide bonds. The van der Waals surface area contributed by atoms with Gasteiger partial charge in [0.25, 0.3) is 0 Å². The van der Waals surface area contributed by atoms with E-state index in [-0.39, 0.29) is 5.96 Å². The zero-order valence-electron chi connectivity index (χ0n) is 12.0. The highest BCUT2D eigenvalue weighted by molar-refractivity contribution is 8.56. The first-order valence-electron chi connectivity index (χ1n) is 6.40. The van der Waals surface area contributed by atoms with E-state index in [1.54, 1.807) is 30.3 Å². The van der Waals surface area contributed by atoms with E-state index in [1.165, 1.54) is 6.92 Å². The van der Waals surface area contributed by atoms with Gasteiger partial charge in [-0.1, -0.05) is 18.2 Å². The molecule has 2 unspecified atom stereocenters. The van der Waals surface area contributed by atoms with Gasteiger partial charge in [-0.05, 0) is 30.4 Å². The number of para-hydroxylation sites is 1. The van der Waals surface area contributed by atoms with Gasteiger partial charge in [0.2, 0.25) is 0 Å². The van der Waals surface area contributed by atoms with Gasteiger partial charge in [-0.25, -0.2) is 9.65 Å². The van der Waals surface area contributed by atoms with Crippen LogP contribution in [0.3, 0.4) is 0 Å². The third-order valence-electron chi connectivity index (χ3n) is 2.37. The van der Waals surface area contributed by atoms with Gasteiger partial charge in [-0.15, -0.1) is 0 Å². The van der Waals surface area contributed by atoms with Gasteiger partial charge in [0.1, 0.15) is 11.8 Å². The lowest BCUT2D eigenvalue weighted by atomic mass is 10.3. The van der Waals surface area contributed by atoms with Crippen LogP contribution < -0.4 is 20.7 Å². The molecular formula is C12H19N4O4PS. The second-order valence-electron chi connectivity index (χ2n) is 4.26. The molecule has 8 nitrogen and oxygen atoms in total. The van der Waals surface area contributed by atoms with Crippen molar-refractivity contribution < 1.29 is 19.0 Å². The standard InChI is InChI=1S/C12H19N4O4PS/c1-9(11(17)18)16-21(19,22-8-7-15-12(13)14)20-10-5-3-2-4-6-10/h2-6,9H,7-8H2,1H3,(H,16,19)(H,17,18)(H4,13,14,15). The molecule has 6 N–H and O–H groups in total. The number of benzene rings is 1. The molecule has 0 heterocycles. The fourth-order valence-corrected chi connectivity index (χ4v) is 5.06. The minimum atomic E-state index is -3.48. The molecule has 22 heavy (non-hydrogen) atoms. The topological polar surface area (TPSA) is 138 Å². The molecule has 0 aliphatic carbocycles. The van der Waals surface area contributed by atoms with Crippen molar-refractivity contribution in [2.75, 3.05) is 12.3 Å². The Bertz CT molecular complexity index is 557. The van der Waals surface area contributed by atoms with Crippen LogP contribution in [-0.4, -0.2) is 35.4 Å². The Hall–Kier alpha value is -1.70. The number of carboxylic acids is 1. The van der Waals surface area contributed by atoms with E-state index < -0.39 is 18.7 Å². The highest BCUT2D eigenvalue weighted by Crippen LogP contribution is 2.55. The van der Waals surface area contributed by atoms with Gasteiger partial charge >= 0.3 is 12.7 Å². The van der Waals surface area contributed by atoms with Crippen LogP contribution in [0.5, 0.6) is 5.75 Å². The van der Waals surface area contributed by atoms with E-state index in [4.69, 9.17) is 20.8 Å². The van der Waals surface area contributed by atoms with Crippen molar-refractivity contribution >= 4 is 30.0 Å². The van der Waals surface area contributed by atoms with E-state index in [9.17, 15) is 9.36 Å². The maximum Gasteiger partial charge on any atom is 0.375 e. The van der Waals surface area contributed by atoms with Crippen LogP contribution in [-0.2, 0) is 9.36 Å². The lowest BCUT2D eigenvalue weighted by Gasteiger charge is -2.21. The molecular weight excluding hydrogens is 327 g/mol. The van der Waals surface area contributed by atoms with Crippen LogP contribution in [0, 0.1) is 5.41 Å². The van der Waals surface area contributed by atoms with Crippen molar-refractivity contribution in [3.05, 3.63) is 30.3 Å². The SMILES string of the molecule is CC(NP(=O)(Oc1ccccc1)SCCNC(=N)N)C(=O)O. The average Bonchev–Trinajstić information content (AvgIpc) is 2.44. The monoisotopic (exact) mass is 346 g/mol. The number of carbonyl (C=O) groups is 1. The van der Waals surface area contributed by atoms with Crippen LogP contribution in [0.4, 0.5) is 0 Å². The number of nitrogens with one attached hydrogen (secondary N) is 3. The van der Waals surface area contributed by atoms with Gasteiger partial charge in [0, 0.05) is 12.3 Å². The minimum absolute atomic E-state index is 0.189. The highest BCUT2D eigenvalue weighted by Gasteiger charge is 2.30. The molecule has 0 saturated heterocycles. The summed E-state index contributed by atoms with van der Waals surface area (Å²) in [4.78, 5) is 10.9. The number of aliphatic carboxylic acids is 1. The number of guanidine groups is 1. The molecule has 1 aromatic rings. The molecule has 2 atom stereocenters. The van der Waals surface area contributed by atoms with E-state index in [2.05, 4.69) is 10.4 Å². The predicted octanol–water partition coefficient (Wildman–Crippen LogP) is 1.45. The van der Waals surface area contributed by atoms with Gasteiger partial charge < -0.3 is 20.7 Å². The molecule has 0 aliphatic rings. The van der Waals surface area contributed by atoms with Crippen molar-refractivity contribution in [1.29, 1.82) is 5.41 Å². The highest BCUT2D eigenvalue weighted by atomic mass is 32.7. The Morgan fingerprint density at radius 1 is 1.50 bits per heavy atom. The maximum atomic E-state index is 12.8. The molecule has 0 bridgehead atoms. The second kappa shape index (κ2) is 8.67. The zero-order valence-corrected chi connectivity index (χ0v) is 13.7. The summed E-state index contributed by atoms with van der Waals surface area (Å²) in [6.07, 6.45) is 0. The van der Waals surface area contributed by atoms with Crippen molar-refractivity contribution in [2.45, 2.75) is 13.0 Å². The van der Waals surface area contributed by atoms with Crippen LogP contribution >= 0.6 is 18.1 Å². The van der Waals surface area contributed by atoms with Crippen molar-refractivity contribution in [3.8, 4) is 5.75 Å². The minimum Gasteiger partial charge on any atom is -0.480 e. The van der Waals surface area contributed by atoms with E-state index in [1.807, 2.05) is 0 Å². The van der Waals surface area contributed by atoms with Crippen LogP contribution in [0.15, 0.2) is 30.3 Å². The van der Waals surface area contributed by atoms with Gasteiger partial charge in [0.05, 0.1) is 0 Å². The molecule has 0 aliphatic heterocycles. The summed E-state index contributed by atoms with van der Waals surface area (Å²) in [7, 11) is 0. The molecule has 1 rings (SSSR count). The van der Waals surface area contributed by atoms with E-state index >= 15 is 0 Å². The Kier molecular flexibility index (Phi) is 7.23. The van der Waals surface area contributed by atoms with Crippen molar-refractivity contribution in [3.63, 3.8) is 0 Å². The molecule has 0 aromatic heterocycles. The molecule has 0 fully saturated rings. The van der Waals surface area contributed by atoms with Crippen LogP contribution in [0.25, 0.3) is 0 Å². The van der Waals surface area contributed by atoms with E-state index in [0.29, 0.717) is 18.0 Å². The summed E-state index contributed by atoms with van der Waals surface area (Å²) in [5.41, 5.74) is 5.16. The number of hydrogen-bond donors (Lipinski definition) is 5. The summed E-state index contributed by atoms with van der Waals surface area (Å²) in [6, 6.07) is 7.48. The van der Waals surface area contributed by atoms with Crippen LogP contribution in [0.1, 0.15) is 6.92 Å².